The number of hydrogen-bond donors (Lipinski definition) is 0. The topological polar surface area (TPSA) is 98.3 Å². The van der Waals surface area contributed by atoms with Gasteiger partial charge in [0.25, 0.3) is 5.91 Å². The lowest BCUT2D eigenvalue weighted by atomic mass is 9.98. The number of halogens is 1. The van der Waals surface area contributed by atoms with E-state index in [-0.39, 0.29) is 29.9 Å². The van der Waals surface area contributed by atoms with Crippen molar-refractivity contribution in [2.45, 2.75) is 58.5 Å². The first-order valence-corrected chi connectivity index (χ1v) is 20.6. The predicted octanol–water partition coefficient (Wildman–Crippen LogP) is 6.93. The van der Waals surface area contributed by atoms with Gasteiger partial charge in [0, 0.05) is 37.3 Å². The Kier molecular flexibility index (Phi) is 9.92. The smallest absolute Gasteiger partial charge is 0.258 e. The van der Waals surface area contributed by atoms with Crippen LogP contribution in [0.15, 0.2) is 60.8 Å². The molecule has 0 radical (unpaired) electrons. The summed E-state index contributed by atoms with van der Waals surface area (Å²) in [5, 5.41) is 0.548. The molecule has 1 amide bonds. The van der Waals surface area contributed by atoms with E-state index in [1.807, 2.05) is 30.3 Å². The molecule has 9 nitrogen and oxygen atoms in total. The fourth-order valence-electron chi connectivity index (χ4n) is 5.49. The van der Waals surface area contributed by atoms with E-state index in [2.05, 4.69) is 33.9 Å². The number of ether oxygens (including phenoxy) is 2. The number of hydrogen-bond acceptors (Lipinski definition) is 7. The average molecular weight is 694 g/mol. The molecular formula is C36H44FN3O6SSi. The van der Waals surface area contributed by atoms with Crippen LogP contribution in [-0.2, 0) is 34.0 Å². The number of nitrogens with zero attached hydrogens (tertiary/aromatic N) is 3. The molecule has 0 unspecified atom stereocenters. The Hall–Kier alpha value is -4.00. The lowest BCUT2D eigenvalue weighted by Gasteiger charge is -2.36. The Labute approximate surface area is 283 Å². The first-order chi connectivity index (χ1) is 22.5. The molecule has 5 rings (SSSR count). The van der Waals surface area contributed by atoms with Gasteiger partial charge in [-0.25, -0.2) is 12.8 Å². The Morgan fingerprint density at radius 2 is 1.67 bits per heavy atom. The second-order valence-corrected chi connectivity index (χ2v) is 20.6. The molecule has 3 aromatic carbocycles. The van der Waals surface area contributed by atoms with Gasteiger partial charge in [0.1, 0.15) is 23.7 Å². The maximum absolute atomic E-state index is 14.2. The van der Waals surface area contributed by atoms with Crippen LogP contribution in [0.3, 0.4) is 0 Å². The van der Waals surface area contributed by atoms with Crippen molar-refractivity contribution in [2.75, 3.05) is 37.9 Å². The van der Waals surface area contributed by atoms with Gasteiger partial charge in [0.2, 0.25) is 10.0 Å². The van der Waals surface area contributed by atoms with E-state index < -0.39 is 18.3 Å². The highest BCUT2D eigenvalue weighted by Crippen LogP contribution is 2.46. The number of fused-ring (bicyclic) bond motifs is 2. The molecule has 0 N–H and O–H groups in total. The average Bonchev–Trinajstić information content (AvgIpc) is 3.34. The van der Waals surface area contributed by atoms with E-state index in [9.17, 15) is 17.6 Å². The second kappa shape index (κ2) is 13.5. The van der Waals surface area contributed by atoms with Crippen molar-refractivity contribution in [1.82, 2.24) is 9.88 Å². The predicted molar refractivity (Wildman–Crippen MR) is 189 cm³/mol. The number of methoxy groups -OCH3 is 1. The van der Waals surface area contributed by atoms with Crippen LogP contribution in [-0.4, -0.2) is 66.1 Å². The molecule has 1 aromatic heterocycles. The third-order valence-corrected chi connectivity index (χ3v) is 15.1. The van der Waals surface area contributed by atoms with Crippen LogP contribution in [0.5, 0.6) is 11.5 Å². The van der Waals surface area contributed by atoms with Crippen LogP contribution >= 0.6 is 0 Å². The van der Waals surface area contributed by atoms with E-state index in [1.54, 1.807) is 30.3 Å². The van der Waals surface area contributed by atoms with E-state index in [0.29, 0.717) is 58.8 Å². The highest BCUT2D eigenvalue weighted by molar-refractivity contribution is 7.92. The number of amides is 1. The van der Waals surface area contributed by atoms with E-state index in [0.717, 1.165) is 22.9 Å². The quantitative estimate of drug-likeness (QED) is 0.149. The zero-order valence-corrected chi connectivity index (χ0v) is 30.7. The Morgan fingerprint density at radius 1 is 1.02 bits per heavy atom. The molecule has 48 heavy (non-hydrogen) atoms. The molecule has 256 valence electrons. The third-order valence-electron chi connectivity index (χ3n) is 9.39. The van der Waals surface area contributed by atoms with Crippen LogP contribution in [0, 0.1) is 5.82 Å². The van der Waals surface area contributed by atoms with Crippen LogP contribution in [0.4, 0.5) is 10.1 Å². The van der Waals surface area contributed by atoms with E-state index in [1.165, 1.54) is 23.5 Å². The molecular weight excluding hydrogens is 650 g/mol. The van der Waals surface area contributed by atoms with Crippen molar-refractivity contribution in [3.05, 3.63) is 94.4 Å². The molecule has 0 aliphatic carbocycles. The summed E-state index contributed by atoms with van der Waals surface area (Å²) in [6, 6.07) is 15.5. The summed E-state index contributed by atoms with van der Waals surface area (Å²) in [4.78, 5) is 20.7. The monoisotopic (exact) mass is 693 g/mol. The van der Waals surface area contributed by atoms with Crippen LogP contribution in [0.25, 0.3) is 10.9 Å². The normalized spacial score (nSPS) is 13.6. The lowest BCUT2D eigenvalue weighted by molar-refractivity contribution is 0.0746. The SMILES string of the molecule is COc1ccc(COc2c3c(c(N(C)S(C)(=O)=O)c4cc(Cc5ccc(F)cc5)cnc24)CN(CCO[Si](C)(C)C(C)(C)C)C3=O)cc1. The van der Waals surface area contributed by atoms with Crippen molar-refractivity contribution in [3.8, 4) is 11.5 Å². The lowest BCUT2D eigenvalue weighted by Crippen LogP contribution is -2.42. The second-order valence-electron chi connectivity index (χ2n) is 13.8. The fraction of sp³-hybridized carbons (Fsp3) is 0.389. The number of pyridine rings is 1. The van der Waals surface area contributed by atoms with Gasteiger partial charge in [-0.1, -0.05) is 45.0 Å². The van der Waals surface area contributed by atoms with Gasteiger partial charge in [-0.15, -0.1) is 0 Å². The van der Waals surface area contributed by atoms with Crippen molar-refractivity contribution in [3.63, 3.8) is 0 Å². The highest BCUT2D eigenvalue weighted by Gasteiger charge is 2.40. The maximum Gasteiger partial charge on any atom is 0.258 e. The minimum absolute atomic E-state index is 0.00777. The Balaban J connectivity index is 1.62. The number of anilines is 1. The van der Waals surface area contributed by atoms with Crippen molar-refractivity contribution < 1.29 is 31.5 Å². The maximum atomic E-state index is 14.2. The van der Waals surface area contributed by atoms with Gasteiger partial charge in [-0.3, -0.25) is 14.1 Å². The van der Waals surface area contributed by atoms with Crippen molar-refractivity contribution in [2.24, 2.45) is 0 Å². The van der Waals surface area contributed by atoms with Crippen LogP contribution in [0.2, 0.25) is 18.1 Å². The molecule has 4 aromatic rings. The van der Waals surface area contributed by atoms with Gasteiger partial charge >= 0.3 is 0 Å². The van der Waals surface area contributed by atoms with Gasteiger partial charge < -0.3 is 18.8 Å². The van der Waals surface area contributed by atoms with Crippen molar-refractivity contribution in [1.29, 1.82) is 0 Å². The summed E-state index contributed by atoms with van der Waals surface area (Å²) in [6.45, 7) is 11.8. The number of rotatable bonds is 12. The summed E-state index contributed by atoms with van der Waals surface area (Å²) >= 11 is 0. The van der Waals surface area contributed by atoms with Gasteiger partial charge in [0.15, 0.2) is 14.1 Å². The number of carbonyl (C=O) groups excluding carboxylic acids is 1. The summed E-state index contributed by atoms with van der Waals surface area (Å²) in [5.74, 6) is 0.411. The van der Waals surface area contributed by atoms with Crippen molar-refractivity contribution >= 4 is 40.8 Å². The molecule has 0 bridgehead atoms. The minimum atomic E-state index is -3.75. The van der Waals surface area contributed by atoms with E-state index >= 15 is 0 Å². The molecule has 0 saturated heterocycles. The number of benzene rings is 3. The largest absolute Gasteiger partial charge is 0.497 e. The molecule has 1 aliphatic rings. The molecule has 1 aliphatic heterocycles. The van der Waals surface area contributed by atoms with Crippen LogP contribution < -0.4 is 13.8 Å². The Morgan fingerprint density at radius 3 is 2.27 bits per heavy atom. The zero-order valence-electron chi connectivity index (χ0n) is 28.9. The fourth-order valence-corrected chi connectivity index (χ4v) is 7.07. The molecule has 2 heterocycles. The Bertz CT molecular complexity index is 1930. The minimum Gasteiger partial charge on any atom is -0.497 e. The third kappa shape index (κ3) is 7.35. The molecule has 0 fully saturated rings. The summed E-state index contributed by atoms with van der Waals surface area (Å²) in [6.07, 6.45) is 3.27. The number of carbonyl (C=O) groups is 1. The highest BCUT2D eigenvalue weighted by atomic mass is 32.2. The first-order valence-electron chi connectivity index (χ1n) is 15.8. The number of aromatic nitrogens is 1. The number of sulfonamides is 1. The van der Waals surface area contributed by atoms with Gasteiger partial charge in [0.05, 0.1) is 31.2 Å². The molecule has 0 spiro atoms. The van der Waals surface area contributed by atoms with Crippen LogP contribution in [0.1, 0.15) is 53.4 Å². The summed E-state index contributed by atoms with van der Waals surface area (Å²) in [5.41, 5.74) is 4.13. The summed E-state index contributed by atoms with van der Waals surface area (Å²) in [7, 11) is -2.73. The van der Waals surface area contributed by atoms with Gasteiger partial charge in [-0.2, -0.15) is 0 Å². The standard InChI is InChI=1S/C36H44FN3O6SSi/c1-36(2,3)48(7,8)46-18-17-40-22-30-31(35(40)41)34(45-23-25-11-15-28(44-5)16-12-25)32-29(33(30)39(4)47(6,42)43)20-26(21-38-32)19-24-9-13-27(37)14-10-24/h9-16,20-21H,17-19,22-23H2,1-8H3. The first kappa shape index (κ1) is 35.3. The summed E-state index contributed by atoms with van der Waals surface area (Å²) < 4.78 is 59.1. The van der Waals surface area contributed by atoms with Gasteiger partial charge in [-0.05, 0) is 71.6 Å². The zero-order chi connectivity index (χ0) is 35.0. The molecule has 0 atom stereocenters. The molecule has 12 heteroatoms. The molecule has 0 saturated carbocycles. The van der Waals surface area contributed by atoms with E-state index in [4.69, 9.17) is 18.9 Å².